The van der Waals surface area contributed by atoms with E-state index >= 15 is 0 Å². The molecule has 2 rings (SSSR count). The predicted octanol–water partition coefficient (Wildman–Crippen LogP) is 4.25. The molecule has 0 heterocycles. The van der Waals surface area contributed by atoms with E-state index in [-0.39, 0.29) is 6.42 Å². The zero-order chi connectivity index (χ0) is 10.1. The van der Waals surface area contributed by atoms with Crippen molar-refractivity contribution in [1.82, 2.24) is 0 Å². The molecule has 1 spiro atoms. The molecular formula is C11H20F2. The Morgan fingerprint density at radius 1 is 1.23 bits per heavy atom. The molecule has 0 aromatic heterocycles. The first-order valence-corrected chi connectivity index (χ1v) is 5.44. The number of hydrogen-bond donors (Lipinski definition) is 0. The minimum atomic E-state index is -2.30. The Labute approximate surface area is 79.7 Å². The summed E-state index contributed by atoms with van der Waals surface area (Å²) in [4.78, 5) is 0. The minimum absolute atomic E-state index is 0.171. The van der Waals surface area contributed by atoms with Crippen LogP contribution in [0, 0.1) is 11.3 Å². The Kier molecular flexibility index (Phi) is 2.98. The van der Waals surface area contributed by atoms with E-state index in [9.17, 15) is 8.78 Å². The Bertz CT molecular complexity index is 177. The second kappa shape index (κ2) is 3.55. The van der Waals surface area contributed by atoms with E-state index < -0.39 is 11.3 Å². The SMILES string of the molecule is CC.CC1CCCC2(C1)CC2(F)F. The molecule has 2 fully saturated rings. The van der Waals surface area contributed by atoms with Gasteiger partial charge in [-0.15, -0.1) is 0 Å². The summed E-state index contributed by atoms with van der Waals surface area (Å²) in [7, 11) is 0. The number of hydrogen-bond acceptors (Lipinski definition) is 0. The highest BCUT2D eigenvalue weighted by Crippen LogP contribution is 2.68. The highest BCUT2D eigenvalue weighted by atomic mass is 19.3. The highest BCUT2D eigenvalue weighted by molar-refractivity contribution is 5.11. The normalized spacial score (nSPS) is 40.8. The summed E-state index contributed by atoms with van der Waals surface area (Å²) in [5.74, 6) is -1.78. The average Bonchev–Trinajstić information content (AvgIpc) is 2.55. The van der Waals surface area contributed by atoms with E-state index in [2.05, 4.69) is 6.92 Å². The quantitative estimate of drug-likeness (QED) is 0.535. The van der Waals surface area contributed by atoms with E-state index in [0.717, 1.165) is 25.7 Å². The Morgan fingerprint density at radius 3 is 2.08 bits per heavy atom. The van der Waals surface area contributed by atoms with Crippen molar-refractivity contribution in [2.45, 2.75) is 58.8 Å². The molecule has 2 aliphatic rings. The molecule has 78 valence electrons. The molecule has 0 aromatic rings. The molecule has 0 bridgehead atoms. The first-order chi connectivity index (χ1) is 6.06. The van der Waals surface area contributed by atoms with Gasteiger partial charge in [-0.3, -0.25) is 0 Å². The number of rotatable bonds is 0. The molecule has 2 aliphatic carbocycles. The molecule has 0 aromatic carbocycles. The van der Waals surface area contributed by atoms with Gasteiger partial charge >= 0.3 is 0 Å². The molecule has 0 aliphatic heterocycles. The lowest BCUT2D eigenvalue weighted by atomic mass is 9.79. The monoisotopic (exact) mass is 190 g/mol. The van der Waals surface area contributed by atoms with E-state index in [1.165, 1.54) is 0 Å². The lowest BCUT2D eigenvalue weighted by Gasteiger charge is -2.26. The summed E-state index contributed by atoms with van der Waals surface area (Å²) < 4.78 is 25.7. The third-order valence-electron chi connectivity index (χ3n) is 3.30. The first kappa shape index (κ1) is 10.9. The Morgan fingerprint density at radius 2 is 1.77 bits per heavy atom. The molecule has 2 saturated carbocycles. The molecular weight excluding hydrogens is 170 g/mol. The van der Waals surface area contributed by atoms with Crippen molar-refractivity contribution in [3.8, 4) is 0 Å². The smallest absolute Gasteiger partial charge is 0.206 e. The van der Waals surface area contributed by atoms with Gasteiger partial charge in [0.15, 0.2) is 0 Å². The van der Waals surface area contributed by atoms with Gasteiger partial charge in [-0.1, -0.05) is 33.6 Å². The molecule has 0 radical (unpaired) electrons. The molecule has 0 nitrogen and oxygen atoms in total. The number of alkyl halides is 2. The minimum Gasteiger partial charge on any atom is -0.206 e. The van der Waals surface area contributed by atoms with Crippen molar-refractivity contribution in [1.29, 1.82) is 0 Å². The summed E-state index contributed by atoms with van der Waals surface area (Å²) >= 11 is 0. The van der Waals surface area contributed by atoms with E-state index in [4.69, 9.17) is 0 Å². The Balaban J connectivity index is 0.000000396. The van der Waals surface area contributed by atoms with Crippen molar-refractivity contribution in [2.75, 3.05) is 0 Å². The number of halogens is 2. The zero-order valence-electron chi connectivity index (χ0n) is 8.87. The van der Waals surface area contributed by atoms with Crippen LogP contribution in [0.1, 0.15) is 52.9 Å². The third kappa shape index (κ3) is 1.87. The van der Waals surface area contributed by atoms with Gasteiger partial charge in [0.1, 0.15) is 0 Å². The highest BCUT2D eigenvalue weighted by Gasteiger charge is 2.70. The van der Waals surface area contributed by atoms with Crippen molar-refractivity contribution >= 4 is 0 Å². The topological polar surface area (TPSA) is 0 Å². The predicted molar refractivity (Wildman–Crippen MR) is 51.0 cm³/mol. The maximum absolute atomic E-state index is 12.8. The summed E-state index contributed by atoms with van der Waals surface area (Å²) in [6.07, 6.45) is 3.86. The summed E-state index contributed by atoms with van der Waals surface area (Å²) in [6.45, 7) is 6.09. The van der Waals surface area contributed by atoms with E-state index in [1.54, 1.807) is 0 Å². The molecule has 13 heavy (non-hydrogen) atoms. The van der Waals surface area contributed by atoms with Gasteiger partial charge in [0.2, 0.25) is 0 Å². The van der Waals surface area contributed by atoms with E-state index in [0.29, 0.717) is 5.92 Å². The van der Waals surface area contributed by atoms with Crippen molar-refractivity contribution < 1.29 is 8.78 Å². The molecule has 2 atom stereocenters. The molecule has 0 saturated heterocycles. The Hall–Kier alpha value is -0.140. The largest absolute Gasteiger partial charge is 0.254 e. The maximum Gasteiger partial charge on any atom is 0.254 e. The van der Waals surface area contributed by atoms with Crippen LogP contribution in [-0.4, -0.2) is 5.92 Å². The van der Waals surface area contributed by atoms with Crippen molar-refractivity contribution in [2.24, 2.45) is 11.3 Å². The van der Waals surface area contributed by atoms with Gasteiger partial charge in [0, 0.05) is 11.8 Å². The van der Waals surface area contributed by atoms with Gasteiger partial charge in [0.05, 0.1) is 0 Å². The van der Waals surface area contributed by atoms with E-state index in [1.807, 2.05) is 13.8 Å². The van der Waals surface area contributed by atoms with Crippen LogP contribution >= 0.6 is 0 Å². The maximum atomic E-state index is 12.8. The van der Waals surface area contributed by atoms with Crippen LogP contribution in [0.4, 0.5) is 8.78 Å². The fourth-order valence-electron chi connectivity index (χ4n) is 2.53. The van der Waals surface area contributed by atoms with Crippen molar-refractivity contribution in [3.63, 3.8) is 0 Å². The summed E-state index contributed by atoms with van der Waals surface area (Å²) in [6, 6.07) is 0. The first-order valence-electron chi connectivity index (χ1n) is 5.44. The standard InChI is InChI=1S/C9H14F2.C2H6/c1-7-3-2-4-8(5-7)6-9(8,10)11;1-2/h7H,2-6H2,1H3;1-2H3. The molecule has 0 amide bonds. The van der Waals surface area contributed by atoms with Crippen LogP contribution in [0.3, 0.4) is 0 Å². The van der Waals surface area contributed by atoms with Gasteiger partial charge in [-0.2, -0.15) is 0 Å². The zero-order valence-corrected chi connectivity index (χ0v) is 8.87. The average molecular weight is 190 g/mol. The van der Waals surface area contributed by atoms with Crippen LogP contribution in [0.2, 0.25) is 0 Å². The lowest BCUT2D eigenvalue weighted by Crippen LogP contribution is -2.20. The van der Waals surface area contributed by atoms with Gasteiger partial charge in [-0.05, 0) is 18.8 Å². The second-order valence-electron chi connectivity index (χ2n) is 4.36. The van der Waals surface area contributed by atoms with Crippen LogP contribution in [0.15, 0.2) is 0 Å². The third-order valence-corrected chi connectivity index (χ3v) is 3.30. The molecule has 0 N–H and O–H groups in total. The van der Waals surface area contributed by atoms with Crippen LogP contribution in [0.25, 0.3) is 0 Å². The summed E-state index contributed by atoms with van der Waals surface area (Å²) in [5.41, 5.74) is -0.537. The van der Waals surface area contributed by atoms with Gasteiger partial charge in [0.25, 0.3) is 5.92 Å². The van der Waals surface area contributed by atoms with Crippen LogP contribution in [-0.2, 0) is 0 Å². The van der Waals surface area contributed by atoms with Gasteiger partial charge in [-0.25, -0.2) is 8.78 Å². The second-order valence-corrected chi connectivity index (χ2v) is 4.36. The van der Waals surface area contributed by atoms with Crippen molar-refractivity contribution in [3.05, 3.63) is 0 Å². The fraction of sp³-hybridized carbons (Fsp3) is 1.00. The van der Waals surface area contributed by atoms with Crippen LogP contribution < -0.4 is 0 Å². The summed E-state index contributed by atoms with van der Waals surface area (Å²) in [5, 5.41) is 0. The van der Waals surface area contributed by atoms with Crippen LogP contribution in [0.5, 0.6) is 0 Å². The molecule has 2 unspecified atom stereocenters. The van der Waals surface area contributed by atoms with Gasteiger partial charge < -0.3 is 0 Å². The molecule has 2 heteroatoms. The lowest BCUT2D eigenvalue weighted by molar-refractivity contribution is 0.0388. The fourth-order valence-corrected chi connectivity index (χ4v) is 2.53.